The zero-order chi connectivity index (χ0) is 66.6. The van der Waals surface area contributed by atoms with E-state index in [9.17, 15) is 38.7 Å². The molecule has 486 valence electrons. The number of ether oxygens (including phenoxy) is 4. The number of aliphatic hydroxyl groups is 1. The fraction of sp³-hybridized carbons (Fsp3) is 0.329. The van der Waals surface area contributed by atoms with Crippen LogP contribution < -0.4 is 41.0 Å². The van der Waals surface area contributed by atoms with E-state index >= 15 is 0 Å². The van der Waals surface area contributed by atoms with E-state index in [0.717, 1.165) is 11.1 Å². The summed E-state index contributed by atoms with van der Waals surface area (Å²) in [5.41, 5.74) is 6.59. The second-order valence-electron chi connectivity index (χ2n) is 25.0. The van der Waals surface area contributed by atoms with E-state index in [1.165, 1.54) is 35.9 Å². The number of anilines is 6. The fourth-order valence-electron chi connectivity index (χ4n) is 11.4. The Morgan fingerprint density at radius 2 is 0.968 bits per heavy atom. The molecule has 2 fully saturated rings. The number of benzene rings is 4. The largest absolute Gasteiger partial charge is 0.491 e. The number of nitrogens with one attached hydrogen (secondary N) is 2. The van der Waals surface area contributed by atoms with Gasteiger partial charge in [0, 0.05) is 74.9 Å². The van der Waals surface area contributed by atoms with Crippen LogP contribution in [-0.4, -0.2) is 153 Å². The van der Waals surface area contributed by atoms with Gasteiger partial charge in [0.2, 0.25) is 0 Å². The number of aldehydes is 1. The normalized spacial score (nSPS) is 15.1. The van der Waals surface area contributed by atoms with Crippen molar-refractivity contribution in [3.8, 4) is 34.0 Å². The summed E-state index contributed by atoms with van der Waals surface area (Å²) in [4.78, 5) is 108. The van der Waals surface area contributed by atoms with Crippen molar-refractivity contribution in [3.63, 3.8) is 0 Å². The molecular formula is C70H74N12O12. The first kappa shape index (κ1) is 65.1. The van der Waals surface area contributed by atoms with Crippen molar-refractivity contribution in [1.82, 2.24) is 39.3 Å². The van der Waals surface area contributed by atoms with Gasteiger partial charge in [0.15, 0.2) is 6.29 Å². The van der Waals surface area contributed by atoms with Gasteiger partial charge in [0.25, 0.3) is 34.7 Å². The van der Waals surface area contributed by atoms with E-state index in [1.54, 1.807) is 105 Å². The third-order valence-electron chi connectivity index (χ3n) is 16.7. The molecule has 4 aromatic carbocycles. The lowest BCUT2D eigenvalue weighted by Gasteiger charge is -2.26. The molecule has 12 rings (SSSR count). The molecule has 2 saturated heterocycles. The molecule has 4 aromatic heterocycles. The number of aryl methyl sites for hydroxylation is 2. The molecule has 0 aliphatic carbocycles. The Kier molecular flexibility index (Phi) is 19.0. The van der Waals surface area contributed by atoms with Gasteiger partial charge in [-0.2, -0.15) is 10.2 Å². The molecule has 0 bridgehead atoms. The lowest BCUT2D eigenvalue weighted by atomic mass is 9.86. The molecule has 0 unspecified atom stereocenters. The van der Waals surface area contributed by atoms with Crippen LogP contribution in [-0.2, 0) is 41.0 Å². The molecule has 94 heavy (non-hydrogen) atoms. The second kappa shape index (κ2) is 27.4. The Bertz CT molecular complexity index is 4330. The Morgan fingerprint density at radius 1 is 0.532 bits per heavy atom. The minimum Gasteiger partial charge on any atom is -0.491 e. The van der Waals surface area contributed by atoms with Gasteiger partial charge < -0.3 is 54.3 Å². The first-order chi connectivity index (χ1) is 45.1. The maximum Gasteiger partial charge on any atom is 0.290 e. The molecule has 0 radical (unpaired) electrons. The van der Waals surface area contributed by atoms with Gasteiger partial charge in [0.1, 0.15) is 47.7 Å². The number of nitrogens with zero attached hydrogens (tertiary/aromatic N) is 10. The van der Waals surface area contributed by atoms with Crippen LogP contribution >= 0.6 is 0 Å². The van der Waals surface area contributed by atoms with Crippen molar-refractivity contribution in [2.75, 3.05) is 99.3 Å². The monoisotopic (exact) mass is 1270 g/mol. The van der Waals surface area contributed by atoms with Crippen LogP contribution in [0.5, 0.6) is 11.5 Å². The van der Waals surface area contributed by atoms with E-state index in [4.69, 9.17) is 18.9 Å². The Hall–Kier alpha value is -10.4. The van der Waals surface area contributed by atoms with E-state index in [1.807, 2.05) is 24.3 Å². The number of fused-ring (bicyclic) bond motifs is 2. The summed E-state index contributed by atoms with van der Waals surface area (Å²) in [6.07, 6.45) is 3.63. The van der Waals surface area contributed by atoms with E-state index in [2.05, 4.69) is 72.3 Å². The van der Waals surface area contributed by atoms with Crippen LogP contribution in [0.15, 0.2) is 131 Å². The van der Waals surface area contributed by atoms with Gasteiger partial charge in [-0.1, -0.05) is 77.9 Å². The molecule has 4 aliphatic rings. The number of morpholine rings is 2. The number of aliphatic hydroxyl groups excluding tert-OH is 1. The number of hydrogen-bond donors (Lipinski definition) is 3. The van der Waals surface area contributed by atoms with Gasteiger partial charge >= 0.3 is 0 Å². The average Bonchev–Trinajstić information content (AvgIpc) is 1.21. The number of aromatic nitrogens is 6. The van der Waals surface area contributed by atoms with E-state index in [-0.39, 0.29) is 84.3 Å². The van der Waals surface area contributed by atoms with Gasteiger partial charge in [-0.25, -0.2) is 19.3 Å². The summed E-state index contributed by atoms with van der Waals surface area (Å²) in [7, 11) is 3.05. The predicted molar refractivity (Wildman–Crippen MR) is 354 cm³/mol. The predicted octanol–water partition coefficient (Wildman–Crippen LogP) is 8.09. The minimum atomic E-state index is -0.418. The van der Waals surface area contributed by atoms with Crippen molar-refractivity contribution < 1.29 is 48.0 Å². The van der Waals surface area contributed by atoms with E-state index < -0.39 is 11.1 Å². The fourth-order valence-corrected chi connectivity index (χ4v) is 11.4. The van der Waals surface area contributed by atoms with Crippen LogP contribution in [0.4, 0.5) is 34.4 Å². The zero-order valence-corrected chi connectivity index (χ0v) is 53.7. The summed E-state index contributed by atoms with van der Waals surface area (Å²) in [5.74, 6) is 0.994. The first-order valence-electron chi connectivity index (χ1n) is 31.0. The number of amides is 4. The summed E-state index contributed by atoms with van der Waals surface area (Å²) in [6.45, 7) is 17.3. The molecule has 24 heteroatoms. The third-order valence-corrected chi connectivity index (χ3v) is 16.7. The van der Waals surface area contributed by atoms with Gasteiger partial charge in [-0.3, -0.25) is 33.6 Å². The maximum absolute atomic E-state index is 13.9. The highest BCUT2D eigenvalue weighted by Gasteiger charge is 2.32. The molecule has 8 aromatic rings. The highest BCUT2D eigenvalue weighted by Crippen LogP contribution is 2.38. The second-order valence-corrected chi connectivity index (χ2v) is 25.0. The summed E-state index contributed by atoms with van der Waals surface area (Å²) in [5, 5.41) is 25.6. The summed E-state index contributed by atoms with van der Waals surface area (Å²) in [6, 6.07) is 31.5. The highest BCUT2D eigenvalue weighted by molar-refractivity contribution is 6.11. The third kappa shape index (κ3) is 13.8. The summed E-state index contributed by atoms with van der Waals surface area (Å²) < 4.78 is 25.1. The topological polar surface area (TPSA) is 275 Å². The smallest absolute Gasteiger partial charge is 0.290 e. The van der Waals surface area contributed by atoms with Crippen molar-refractivity contribution in [1.29, 1.82) is 0 Å². The molecule has 0 spiro atoms. The molecule has 3 N–H and O–H groups in total. The Balaban J connectivity index is 0.000000192. The number of hydrogen-bond acceptors (Lipinski definition) is 18. The zero-order valence-electron chi connectivity index (χ0n) is 53.7. The van der Waals surface area contributed by atoms with Gasteiger partial charge in [-0.05, 0) is 94.8 Å². The lowest BCUT2D eigenvalue weighted by molar-refractivity contribution is 0.0301. The molecule has 24 nitrogen and oxygen atoms in total. The molecule has 4 aliphatic heterocycles. The van der Waals surface area contributed by atoms with Gasteiger partial charge in [-0.15, -0.1) is 0 Å². The molecule has 4 amide bonds. The van der Waals surface area contributed by atoms with Crippen LogP contribution in [0.2, 0.25) is 0 Å². The molecule has 8 heterocycles. The van der Waals surface area contributed by atoms with Gasteiger partial charge in [0.05, 0.1) is 91.1 Å². The Morgan fingerprint density at radius 3 is 1.39 bits per heavy atom. The number of rotatable bonds is 12. The van der Waals surface area contributed by atoms with E-state index in [0.29, 0.717) is 144 Å². The summed E-state index contributed by atoms with van der Waals surface area (Å²) >= 11 is 0. The maximum atomic E-state index is 13.9. The average molecular weight is 1280 g/mol. The van der Waals surface area contributed by atoms with Crippen molar-refractivity contribution >= 4 is 64.3 Å². The number of pyridine rings is 2. The number of carbonyl (C=O) groups excluding carboxylic acids is 5. The van der Waals surface area contributed by atoms with Crippen LogP contribution in [0.3, 0.4) is 0 Å². The molecule has 0 saturated carbocycles. The highest BCUT2D eigenvalue weighted by atomic mass is 16.5. The van der Waals surface area contributed by atoms with Crippen molar-refractivity contribution in [2.24, 2.45) is 14.1 Å². The molecule has 0 atom stereocenters. The minimum absolute atomic E-state index is 0.107. The quantitative estimate of drug-likeness (QED) is 0.0974. The number of carbonyl (C=O) groups is 5. The van der Waals surface area contributed by atoms with Crippen molar-refractivity contribution in [3.05, 3.63) is 187 Å². The Labute approximate surface area is 542 Å². The van der Waals surface area contributed by atoms with Crippen LogP contribution in [0, 0.1) is 0 Å². The molecular weight excluding hydrogens is 1200 g/mol. The van der Waals surface area contributed by atoms with Crippen LogP contribution in [0.1, 0.15) is 110 Å². The van der Waals surface area contributed by atoms with Crippen molar-refractivity contribution in [2.45, 2.75) is 59.0 Å². The van der Waals surface area contributed by atoms with Crippen LogP contribution in [0.25, 0.3) is 22.5 Å². The first-order valence-corrected chi connectivity index (χ1v) is 31.0. The lowest BCUT2D eigenvalue weighted by Crippen LogP contribution is -2.40. The standard InChI is InChI=1S/C35H38N6O6.C35H36N6O6/c2*1-35(2,3)23-9-10-25-30(18-23)47-17-14-41(33(25)44)29-7-5-6-24(26(29)21-42)27-19-28(34(45)39(4)38-27)37-31-11-8-22(20-36-31)32(43)40-12-15-46-16-13-40/h5-11,18-20,42H,12-17,21H2,1-4H3,(H,36,37);5-11,18-21H,12-17H2,1-4H3,(H,36,37). The SMILES string of the molecule is Cn1nc(-c2cccc(N3CCOc4cc(C(C)(C)C)ccc4C3=O)c2C=O)cc(Nc2ccc(C(=O)N3CCOCC3)cn2)c1=O.Cn1nc(-c2cccc(N3CCOc4cc(C(C)(C)C)ccc4C3=O)c2CO)cc(Nc2ccc(C(=O)N3CCOCC3)cn2)c1=O.